The van der Waals surface area contributed by atoms with Gasteiger partial charge in [0.05, 0.1) is 4.90 Å². The lowest BCUT2D eigenvalue weighted by Gasteiger charge is -2.16. The number of benzene rings is 1. The fraction of sp³-hybridized carbons (Fsp3) is 0.467. The van der Waals surface area contributed by atoms with E-state index in [0.717, 1.165) is 12.8 Å². The van der Waals surface area contributed by atoms with Crippen molar-refractivity contribution in [3.63, 3.8) is 0 Å². The van der Waals surface area contributed by atoms with Gasteiger partial charge in [-0.25, -0.2) is 12.8 Å². The Hall–Kier alpha value is -1.80. The van der Waals surface area contributed by atoms with E-state index in [-0.39, 0.29) is 10.8 Å². The van der Waals surface area contributed by atoms with Gasteiger partial charge >= 0.3 is 0 Å². The van der Waals surface area contributed by atoms with E-state index in [4.69, 9.17) is 4.52 Å². The van der Waals surface area contributed by atoms with Crippen molar-refractivity contribution in [1.82, 2.24) is 14.4 Å². The number of aromatic nitrogens is 2. The number of hydrogen-bond acceptors (Lipinski definition) is 5. The lowest BCUT2D eigenvalue weighted by atomic mass is 10.0. The van der Waals surface area contributed by atoms with Crippen LogP contribution in [0.4, 0.5) is 4.39 Å². The minimum Gasteiger partial charge on any atom is -0.340 e. The van der Waals surface area contributed by atoms with Crippen molar-refractivity contribution in [3.8, 4) is 0 Å². The number of hydrogen-bond donors (Lipinski definition) is 0. The first-order valence-electron chi connectivity index (χ1n) is 7.50. The zero-order chi connectivity index (χ0) is 16.4. The van der Waals surface area contributed by atoms with Crippen LogP contribution in [0.2, 0.25) is 0 Å². The topological polar surface area (TPSA) is 76.3 Å². The zero-order valence-electron chi connectivity index (χ0n) is 12.8. The first-order chi connectivity index (χ1) is 10.9. The van der Waals surface area contributed by atoms with Crippen molar-refractivity contribution in [3.05, 3.63) is 41.8 Å². The first-order valence-corrected chi connectivity index (χ1v) is 8.94. The van der Waals surface area contributed by atoms with Crippen molar-refractivity contribution in [2.45, 2.75) is 31.1 Å². The van der Waals surface area contributed by atoms with Crippen LogP contribution in [-0.4, -0.2) is 36.0 Å². The van der Waals surface area contributed by atoms with E-state index < -0.39 is 15.8 Å². The lowest BCUT2D eigenvalue weighted by Crippen LogP contribution is -2.29. The molecule has 1 atom stereocenters. The molecule has 6 nitrogen and oxygen atoms in total. The second-order valence-corrected chi connectivity index (χ2v) is 7.68. The monoisotopic (exact) mass is 339 g/mol. The van der Waals surface area contributed by atoms with Crippen LogP contribution in [0.1, 0.15) is 24.6 Å². The molecule has 0 bridgehead atoms. The van der Waals surface area contributed by atoms with Gasteiger partial charge in [0.1, 0.15) is 5.82 Å². The fourth-order valence-electron chi connectivity index (χ4n) is 2.78. The Morgan fingerprint density at radius 2 is 2.09 bits per heavy atom. The van der Waals surface area contributed by atoms with Crippen molar-refractivity contribution >= 4 is 10.0 Å². The predicted molar refractivity (Wildman–Crippen MR) is 80.6 cm³/mol. The zero-order valence-corrected chi connectivity index (χ0v) is 13.6. The highest BCUT2D eigenvalue weighted by molar-refractivity contribution is 7.89. The van der Waals surface area contributed by atoms with Gasteiger partial charge in [-0.15, -0.1) is 0 Å². The van der Waals surface area contributed by atoms with E-state index in [1.165, 1.54) is 28.6 Å². The van der Waals surface area contributed by atoms with Crippen molar-refractivity contribution in [2.24, 2.45) is 5.92 Å². The first kappa shape index (κ1) is 16.1. The molecule has 2 aromatic rings. The highest BCUT2D eigenvalue weighted by Gasteiger charge is 2.32. The van der Waals surface area contributed by atoms with Crippen LogP contribution in [0.15, 0.2) is 33.7 Å². The summed E-state index contributed by atoms with van der Waals surface area (Å²) in [4.78, 5) is 4.28. The molecule has 0 aliphatic carbocycles. The number of rotatable bonds is 5. The average Bonchev–Trinajstić information content (AvgIpc) is 3.15. The molecule has 3 rings (SSSR count). The quantitative estimate of drug-likeness (QED) is 0.834. The summed E-state index contributed by atoms with van der Waals surface area (Å²) in [6, 6.07) is 4.94. The Balaban J connectivity index is 1.61. The molecule has 1 aromatic heterocycles. The second kappa shape index (κ2) is 6.37. The molecule has 0 saturated carbocycles. The number of halogens is 1. The third-order valence-electron chi connectivity index (χ3n) is 4.05. The minimum atomic E-state index is -3.55. The smallest absolute Gasteiger partial charge is 0.243 e. The summed E-state index contributed by atoms with van der Waals surface area (Å²) >= 11 is 0. The summed E-state index contributed by atoms with van der Waals surface area (Å²) in [6.07, 6.45) is 2.29. The summed E-state index contributed by atoms with van der Waals surface area (Å²) in [5, 5.41) is 3.85. The number of nitrogens with zero attached hydrogens (tertiary/aromatic N) is 3. The molecule has 2 heterocycles. The highest BCUT2D eigenvalue weighted by atomic mass is 32.2. The van der Waals surface area contributed by atoms with Crippen LogP contribution in [0.5, 0.6) is 0 Å². The maximum atomic E-state index is 12.9. The molecule has 23 heavy (non-hydrogen) atoms. The van der Waals surface area contributed by atoms with Crippen molar-refractivity contribution in [1.29, 1.82) is 0 Å². The van der Waals surface area contributed by atoms with Gasteiger partial charge in [0.25, 0.3) is 0 Å². The molecule has 1 aliphatic heterocycles. The Morgan fingerprint density at radius 1 is 1.35 bits per heavy atom. The molecule has 1 aliphatic rings. The van der Waals surface area contributed by atoms with Gasteiger partial charge in [-0.3, -0.25) is 0 Å². The summed E-state index contributed by atoms with van der Waals surface area (Å²) in [7, 11) is -3.55. The van der Waals surface area contributed by atoms with Gasteiger partial charge < -0.3 is 4.52 Å². The third-order valence-corrected chi connectivity index (χ3v) is 5.93. The maximum absolute atomic E-state index is 12.9. The van der Waals surface area contributed by atoms with Crippen LogP contribution < -0.4 is 0 Å². The van der Waals surface area contributed by atoms with Gasteiger partial charge in [-0.05, 0) is 43.0 Å². The normalized spacial score (nSPS) is 19.3. The molecule has 0 amide bonds. The summed E-state index contributed by atoms with van der Waals surface area (Å²) in [5.74, 6) is 1.01. The largest absolute Gasteiger partial charge is 0.340 e. The van der Waals surface area contributed by atoms with E-state index in [9.17, 15) is 12.8 Å². The molecule has 124 valence electrons. The van der Waals surface area contributed by atoms with Gasteiger partial charge in [0, 0.05) is 26.4 Å². The molecule has 1 fully saturated rings. The van der Waals surface area contributed by atoms with Gasteiger partial charge in [0.2, 0.25) is 15.9 Å². The molecule has 0 N–H and O–H groups in total. The molecule has 1 saturated heterocycles. The van der Waals surface area contributed by atoms with E-state index >= 15 is 0 Å². The molecular formula is C15H18FN3O3S. The minimum absolute atomic E-state index is 0.133. The molecule has 8 heteroatoms. The van der Waals surface area contributed by atoms with E-state index in [0.29, 0.717) is 31.2 Å². The number of aryl methyl sites for hydroxylation is 2. The third kappa shape index (κ3) is 3.59. The summed E-state index contributed by atoms with van der Waals surface area (Å²) < 4.78 is 44.4. The highest BCUT2D eigenvalue weighted by Crippen LogP contribution is 2.27. The Kier molecular flexibility index (Phi) is 4.45. The molecule has 0 radical (unpaired) electrons. The van der Waals surface area contributed by atoms with Crippen LogP contribution in [0.3, 0.4) is 0 Å². The van der Waals surface area contributed by atoms with Crippen LogP contribution in [0.25, 0.3) is 0 Å². The average molecular weight is 339 g/mol. The van der Waals surface area contributed by atoms with Crippen LogP contribution >= 0.6 is 0 Å². The summed E-state index contributed by atoms with van der Waals surface area (Å²) in [6.45, 7) is 2.69. The standard InChI is InChI=1S/C15H18FN3O3S/c1-11-17-15(18-22-11)7-2-12-8-9-19(10-12)23(20,21)14-5-3-13(16)4-6-14/h3-6,12H,2,7-10H2,1H3. The second-order valence-electron chi connectivity index (χ2n) is 5.74. The molecule has 1 aromatic carbocycles. The van der Waals surface area contributed by atoms with E-state index in [1.807, 2.05) is 0 Å². The Morgan fingerprint density at radius 3 is 2.74 bits per heavy atom. The lowest BCUT2D eigenvalue weighted by molar-refractivity contribution is 0.383. The van der Waals surface area contributed by atoms with Gasteiger partial charge in [-0.1, -0.05) is 5.16 Å². The predicted octanol–water partition coefficient (Wildman–Crippen LogP) is 2.16. The van der Waals surface area contributed by atoms with Gasteiger partial charge in [0.15, 0.2) is 5.82 Å². The van der Waals surface area contributed by atoms with Crippen LogP contribution in [0, 0.1) is 18.7 Å². The molecule has 1 unspecified atom stereocenters. The molecular weight excluding hydrogens is 321 g/mol. The Bertz CT molecular complexity index is 774. The van der Waals surface area contributed by atoms with Crippen molar-refractivity contribution in [2.75, 3.05) is 13.1 Å². The summed E-state index contributed by atoms with van der Waals surface area (Å²) in [5.41, 5.74) is 0. The Labute approximate surface area is 134 Å². The van der Waals surface area contributed by atoms with E-state index in [1.54, 1.807) is 6.92 Å². The van der Waals surface area contributed by atoms with Gasteiger partial charge in [-0.2, -0.15) is 9.29 Å². The van der Waals surface area contributed by atoms with Crippen LogP contribution in [-0.2, 0) is 16.4 Å². The number of sulfonamides is 1. The van der Waals surface area contributed by atoms with Crippen molar-refractivity contribution < 1.29 is 17.3 Å². The fourth-order valence-corrected chi connectivity index (χ4v) is 4.31. The van der Waals surface area contributed by atoms with E-state index in [2.05, 4.69) is 10.1 Å². The molecule has 0 spiro atoms. The SMILES string of the molecule is Cc1nc(CCC2CCN(S(=O)(=O)c3ccc(F)cc3)C2)no1. The maximum Gasteiger partial charge on any atom is 0.243 e.